The molecule has 2 rings (SSSR count). The quantitative estimate of drug-likeness (QED) is 0.898. The van der Waals surface area contributed by atoms with E-state index in [0.717, 1.165) is 28.4 Å². The van der Waals surface area contributed by atoms with Crippen molar-refractivity contribution in [2.24, 2.45) is 5.41 Å². The fraction of sp³-hybridized carbons (Fsp3) is 0.583. The molecule has 1 N–H and O–H groups in total. The lowest BCUT2D eigenvalue weighted by molar-refractivity contribution is -0.150. The molecule has 0 amide bonds. The van der Waals surface area contributed by atoms with Gasteiger partial charge in [0.15, 0.2) is 0 Å². The Balaban J connectivity index is 1.93. The highest BCUT2D eigenvalue weighted by Gasteiger charge is 2.36. The number of hydrogen-bond acceptors (Lipinski definition) is 3. The molecule has 0 atom stereocenters. The Morgan fingerprint density at radius 2 is 2.22 bits per heavy atom. The summed E-state index contributed by atoms with van der Waals surface area (Å²) in [6, 6.07) is 2.04. The normalized spacial score (nSPS) is 19.9. The Bertz CT molecular complexity index is 435. The number of halogens is 2. The number of rotatable bonds is 3. The van der Waals surface area contributed by atoms with E-state index in [9.17, 15) is 9.90 Å². The van der Waals surface area contributed by atoms with Crippen LogP contribution in [0, 0.1) is 5.41 Å². The van der Waals surface area contributed by atoms with Crippen LogP contribution in [0.1, 0.15) is 24.6 Å². The van der Waals surface area contributed by atoms with Crippen molar-refractivity contribution < 1.29 is 9.90 Å². The predicted molar refractivity (Wildman–Crippen MR) is 77.3 cm³/mol. The van der Waals surface area contributed by atoms with Gasteiger partial charge in [-0.05, 0) is 54.9 Å². The number of carboxylic acids is 1. The molecule has 0 unspecified atom stereocenters. The summed E-state index contributed by atoms with van der Waals surface area (Å²) in [4.78, 5) is 14.7. The van der Waals surface area contributed by atoms with Crippen molar-refractivity contribution in [3.63, 3.8) is 0 Å². The van der Waals surface area contributed by atoms with Crippen LogP contribution in [0.5, 0.6) is 0 Å². The van der Waals surface area contributed by atoms with Gasteiger partial charge in [-0.1, -0.05) is 11.6 Å². The van der Waals surface area contributed by atoms with Gasteiger partial charge in [0.1, 0.15) is 4.34 Å². The Morgan fingerprint density at radius 1 is 1.61 bits per heavy atom. The van der Waals surface area contributed by atoms with E-state index >= 15 is 0 Å². The molecule has 1 aliphatic rings. The number of carboxylic acid groups (broad SMARTS) is 1. The zero-order chi connectivity index (χ0) is 13.3. The van der Waals surface area contributed by atoms with Crippen molar-refractivity contribution in [2.45, 2.75) is 26.3 Å². The summed E-state index contributed by atoms with van der Waals surface area (Å²) in [5, 5.41) is 9.17. The molecule has 1 aromatic heterocycles. The molecule has 1 aliphatic heterocycles. The van der Waals surface area contributed by atoms with E-state index in [4.69, 9.17) is 11.6 Å². The molecule has 0 bridgehead atoms. The molecule has 6 heteroatoms. The molecule has 0 radical (unpaired) electrons. The van der Waals surface area contributed by atoms with E-state index in [-0.39, 0.29) is 0 Å². The molecule has 0 aliphatic carbocycles. The number of nitrogens with zero attached hydrogens (tertiary/aromatic N) is 1. The van der Waals surface area contributed by atoms with Crippen molar-refractivity contribution in [1.29, 1.82) is 0 Å². The van der Waals surface area contributed by atoms with Crippen molar-refractivity contribution in [1.82, 2.24) is 4.90 Å². The van der Waals surface area contributed by atoms with Crippen LogP contribution in [0.25, 0.3) is 0 Å². The van der Waals surface area contributed by atoms with Crippen LogP contribution in [0.15, 0.2) is 10.5 Å². The maximum atomic E-state index is 11.1. The van der Waals surface area contributed by atoms with Crippen LogP contribution < -0.4 is 0 Å². The number of carbonyl (C=O) groups is 1. The van der Waals surface area contributed by atoms with Crippen molar-refractivity contribution in [3.8, 4) is 0 Å². The molecule has 1 saturated heterocycles. The second kappa shape index (κ2) is 5.49. The average molecular weight is 353 g/mol. The highest BCUT2D eigenvalue weighted by atomic mass is 79.9. The molecule has 1 fully saturated rings. The highest BCUT2D eigenvalue weighted by molar-refractivity contribution is 9.10. The van der Waals surface area contributed by atoms with Gasteiger partial charge in [0.25, 0.3) is 0 Å². The SMILES string of the molecule is CC1(C(=O)O)CCN(Cc2cc(Br)c(Cl)s2)CC1. The minimum Gasteiger partial charge on any atom is -0.481 e. The first-order chi connectivity index (χ1) is 8.40. The molecule has 0 aromatic carbocycles. The summed E-state index contributed by atoms with van der Waals surface area (Å²) in [7, 11) is 0. The molecule has 100 valence electrons. The zero-order valence-electron chi connectivity index (χ0n) is 10.1. The summed E-state index contributed by atoms with van der Waals surface area (Å²) >= 11 is 11.0. The van der Waals surface area contributed by atoms with Gasteiger partial charge in [0.05, 0.1) is 5.41 Å². The van der Waals surface area contributed by atoms with Gasteiger partial charge < -0.3 is 5.11 Å². The maximum absolute atomic E-state index is 11.1. The minimum absolute atomic E-state index is 0.551. The predicted octanol–water partition coefficient (Wildman–Crippen LogP) is 3.85. The number of aliphatic carboxylic acids is 1. The van der Waals surface area contributed by atoms with Crippen LogP contribution >= 0.6 is 38.9 Å². The smallest absolute Gasteiger partial charge is 0.309 e. The molecule has 2 heterocycles. The maximum Gasteiger partial charge on any atom is 0.309 e. The third kappa shape index (κ3) is 3.07. The van der Waals surface area contributed by atoms with Crippen LogP contribution in [-0.4, -0.2) is 29.1 Å². The van der Waals surface area contributed by atoms with Crippen molar-refractivity contribution >= 4 is 44.8 Å². The molecular formula is C12H15BrClNO2S. The largest absolute Gasteiger partial charge is 0.481 e. The molecule has 0 saturated carbocycles. The Labute approximate surface area is 124 Å². The first-order valence-electron chi connectivity index (χ1n) is 5.80. The lowest BCUT2D eigenvalue weighted by Gasteiger charge is -2.36. The Morgan fingerprint density at radius 3 is 2.67 bits per heavy atom. The minimum atomic E-state index is -0.677. The third-order valence-corrected chi connectivity index (χ3v) is 6.01. The summed E-state index contributed by atoms with van der Waals surface area (Å²) in [5.74, 6) is -0.677. The molecule has 1 aromatic rings. The van der Waals surface area contributed by atoms with Crippen LogP contribution in [0.3, 0.4) is 0 Å². The third-order valence-electron chi connectivity index (χ3n) is 3.55. The summed E-state index contributed by atoms with van der Waals surface area (Å²) < 4.78 is 1.72. The Kier molecular flexibility index (Phi) is 4.36. The fourth-order valence-electron chi connectivity index (χ4n) is 2.11. The van der Waals surface area contributed by atoms with Crippen LogP contribution in [0.2, 0.25) is 4.34 Å². The standard InChI is InChI=1S/C12H15BrClNO2S/c1-12(11(16)17)2-4-15(5-3-12)7-8-6-9(13)10(14)18-8/h6H,2-5,7H2,1H3,(H,16,17). The number of piperidine rings is 1. The molecule has 18 heavy (non-hydrogen) atoms. The van der Waals surface area contributed by atoms with E-state index < -0.39 is 11.4 Å². The van der Waals surface area contributed by atoms with Gasteiger partial charge in [-0.25, -0.2) is 0 Å². The first-order valence-corrected chi connectivity index (χ1v) is 7.79. The van der Waals surface area contributed by atoms with Gasteiger partial charge in [-0.2, -0.15) is 0 Å². The lowest BCUT2D eigenvalue weighted by Crippen LogP contribution is -2.42. The second-order valence-electron chi connectivity index (χ2n) is 4.98. The highest BCUT2D eigenvalue weighted by Crippen LogP contribution is 2.35. The summed E-state index contributed by atoms with van der Waals surface area (Å²) in [5.41, 5.74) is -0.551. The van der Waals surface area contributed by atoms with E-state index in [1.807, 2.05) is 13.0 Å². The van der Waals surface area contributed by atoms with Gasteiger partial charge in [0, 0.05) is 15.9 Å². The second-order valence-corrected chi connectivity index (χ2v) is 7.57. The topological polar surface area (TPSA) is 40.5 Å². The number of likely N-dealkylation sites (tertiary alicyclic amines) is 1. The van der Waals surface area contributed by atoms with E-state index in [1.54, 1.807) is 11.3 Å². The molecule has 3 nitrogen and oxygen atoms in total. The monoisotopic (exact) mass is 351 g/mol. The van der Waals surface area contributed by atoms with E-state index in [0.29, 0.717) is 12.8 Å². The Hall–Kier alpha value is -0.100. The van der Waals surface area contributed by atoms with Crippen LogP contribution in [-0.2, 0) is 11.3 Å². The van der Waals surface area contributed by atoms with Crippen molar-refractivity contribution in [3.05, 3.63) is 19.8 Å². The fourth-order valence-corrected chi connectivity index (χ4v) is 3.94. The zero-order valence-corrected chi connectivity index (χ0v) is 13.2. The van der Waals surface area contributed by atoms with Gasteiger partial charge in [0.2, 0.25) is 0 Å². The molecule has 0 spiro atoms. The van der Waals surface area contributed by atoms with Gasteiger partial charge >= 0.3 is 5.97 Å². The van der Waals surface area contributed by atoms with E-state index in [2.05, 4.69) is 20.8 Å². The number of thiophene rings is 1. The van der Waals surface area contributed by atoms with Gasteiger partial charge in [-0.3, -0.25) is 9.69 Å². The van der Waals surface area contributed by atoms with Crippen LogP contribution in [0.4, 0.5) is 0 Å². The van der Waals surface area contributed by atoms with Crippen molar-refractivity contribution in [2.75, 3.05) is 13.1 Å². The summed E-state index contributed by atoms with van der Waals surface area (Å²) in [6.07, 6.45) is 1.42. The van der Waals surface area contributed by atoms with E-state index in [1.165, 1.54) is 4.88 Å². The molecular weight excluding hydrogens is 338 g/mol. The first kappa shape index (κ1) is 14.3. The number of hydrogen-bond donors (Lipinski definition) is 1. The van der Waals surface area contributed by atoms with Gasteiger partial charge in [-0.15, -0.1) is 11.3 Å². The average Bonchev–Trinajstić information content (AvgIpc) is 2.61. The summed E-state index contributed by atoms with van der Waals surface area (Å²) in [6.45, 7) is 4.35. The lowest BCUT2D eigenvalue weighted by atomic mass is 9.80.